The summed E-state index contributed by atoms with van der Waals surface area (Å²) in [7, 11) is 0. The topological polar surface area (TPSA) is 66.5 Å². The summed E-state index contributed by atoms with van der Waals surface area (Å²) in [5.74, 6) is -0.342. The summed E-state index contributed by atoms with van der Waals surface area (Å²) in [6, 6.07) is 6.48. The number of nitrogens with one attached hydrogen (secondary N) is 1. The normalized spacial score (nSPS) is 10.5. The van der Waals surface area contributed by atoms with Crippen molar-refractivity contribution in [2.75, 3.05) is 11.9 Å². The molecule has 22 heavy (non-hydrogen) atoms. The highest BCUT2D eigenvalue weighted by Crippen LogP contribution is 2.26. The first-order chi connectivity index (χ1) is 10.8. The molecular weight excluding hydrogens is 281 g/mol. The van der Waals surface area contributed by atoms with Crippen molar-refractivity contribution in [2.24, 2.45) is 0 Å². The third kappa shape index (κ3) is 2.88. The summed E-state index contributed by atoms with van der Waals surface area (Å²) in [6.45, 7) is 1.49. The molecule has 0 aliphatic rings. The molecule has 1 aromatic carbocycles. The van der Waals surface area contributed by atoms with E-state index in [2.05, 4.69) is 21.4 Å². The van der Waals surface area contributed by atoms with Crippen molar-refractivity contribution in [3.63, 3.8) is 0 Å². The number of rotatable bonds is 5. The van der Waals surface area contributed by atoms with Gasteiger partial charge in [0.1, 0.15) is 11.9 Å². The molecule has 0 fully saturated rings. The largest absolute Gasteiger partial charge is 0.383 e. The molecule has 3 rings (SSSR count). The quantitative estimate of drug-likeness (QED) is 0.735. The Morgan fingerprint density at radius 3 is 3.05 bits per heavy atom. The lowest BCUT2D eigenvalue weighted by atomic mass is 10.1. The number of fused-ring (bicyclic) bond motifs is 1. The molecule has 0 saturated carbocycles. The molecule has 2 heterocycles. The summed E-state index contributed by atoms with van der Waals surface area (Å²) in [6.07, 6.45) is 7.77. The van der Waals surface area contributed by atoms with Crippen LogP contribution in [0, 0.1) is 17.1 Å². The van der Waals surface area contributed by atoms with E-state index in [1.807, 2.05) is 10.8 Å². The highest BCUT2D eigenvalue weighted by molar-refractivity contribution is 5.93. The minimum absolute atomic E-state index is 0.342. The first-order valence-corrected chi connectivity index (χ1v) is 6.96. The zero-order valence-corrected chi connectivity index (χ0v) is 11.8. The highest BCUT2D eigenvalue weighted by atomic mass is 19.1. The van der Waals surface area contributed by atoms with Crippen molar-refractivity contribution in [1.29, 1.82) is 5.26 Å². The highest BCUT2D eigenvalue weighted by Gasteiger charge is 2.09. The number of hydrogen-bond acceptors (Lipinski definition) is 4. The van der Waals surface area contributed by atoms with Gasteiger partial charge in [-0.05, 0) is 24.6 Å². The van der Waals surface area contributed by atoms with E-state index in [1.54, 1.807) is 18.6 Å². The molecule has 0 aliphatic carbocycles. The van der Waals surface area contributed by atoms with E-state index in [0.717, 1.165) is 13.0 Å². The SMILES string of the molecule is N#Cc1cnc2ccc(F)cc2c1NCCCn1ccnc1. The molecule has 3 aromatic rings. The van der Waals surface area contributed by atoms with Gasteiger partial charge < -0.3 is 9.88 Å². The van der Waals surface area contributed by atoms with Gasteiger partial charge in [-0.1, -0.05) is 0 Å². The number of nitriles is 1. The molecule has 6 heteroatoms. The van der Waals surface area contributed by atoms with E-state index in [-0.39, 0.29) is 5.82 Å². The van der Waals surface area contributed by atoms with Crippen LogP contribution >= 0.6 is 0 Å². The Hall–Kier alpha value is -2.94. The molecule has 0 saturated heterocycles. The van der Waals surface area contributed by atoms with Crippen molar-refractivity contribution in [2.45, 2.75) is 13.0 Å². The van der Waals surface area contributed by atoms with Crippen LogP contribution in [0.3, 0.4) is 0 Å². The van der Waals surface area contributed by atoms with Crippen molar-refractivity contribution in [1.82, 2.24) is 14.5 Å². The molecule has 1 N–H and O–H groups in total. The molecular formula is C16H14FN5. The van der Waals surface area contributed by atoms with Gasteiger partial charge in [0.15, 0.2) is 0 Å². The first kappa shape index (κ1) is 14.0. The van der Waals surface area contributed by atoms with E-state index < -0.39 is 0 Å². The smallest absolute Gasteiger partial charge is 0.124 e. The Balaban J connectivity index is 1.79. The molecule has 5 nitrogen and oxygen atoms in total. The van der Waals surface area contributed by atoms with Crippen LogP contribution in [0.5, 0.6) is 0 Å². The van der Waals surface area contributed by atoms with Crippen LogP contribution in [-0.4, -0.2) is 21.1 Å². The van der Waals surface area contributed by atoms with E-state index >= 15 is 0 Å². The molecule has 0 atom stereocenters. The average Bonchev–Trinajstić information content (AvgIpc) is 3.04. The number of aromatic nitrogens is 3. The van der Waals surface area contributed by atoms with Crippen molar-refractivity contribution < 1.29 is 4.39 Å². The zero-order valence-electron chi connectivity index (χ0n) is 11.8. The number of anilines is 1. The fourth-order valence-electron chi connectivity index (χ4n) is 2.33. The maximum atomic E-state index is 13.5. The van der Waals surface area contributed by atoms with Gasteiger partial charge in [0.2, 0.25) is 0 Å². The number of pyridine rings is 1. The Morgan fingerprint density at radius 2 is 2.27 bits per heavy atom. The molecule has 0 radical (unpaired) electrons. The van der Waals surface area contributed by atoms with Gasteiger partial charge in [0.25, 0.3) is 0 Å². The van der Waals surface area contributed by atoms with Crippen molar-refractivity contribution in [3.05, 3.63) is 54.5 Å². The molecule has 0 aliphatic heterocycles. The van der Waals surface area contributed by atoms with Crippen LogP contribution in [0.4, 0.5) is 10.1 Å². The maximum absolute atomic E-state index is 13.5. The van der Waals surface area contributed by atoms with Crippen LogP contribution in [0.15, 0.2) is 43.1 Å². The van der Waals surface area contributed by atoms with Crippen LogP contribution in [0.1, 0.15) is 12.0 Å². The number of nitrogens with zero attached hydrogens (tertiary/aromatic N) is 4. The lowest BCUT2D eigenvalue weighted by molar-refractivity contribution is 0.629. The second-order valence-electron chi connectivity index (χ2n) is 4.90. The van der Waals surface area contributed by atoms with Gasteiger partial charge in [-0.25, -0.2) is 9.37 Å². The minimum atomic E-state index is -0.342. The second-order valence-corrected chi connectivity index (χ2v) is 4.90. The molecule has 0 bridgehead atoms. The molecule has 2 aromatic heterocycles. The van der Waals surface area contributed by atoms with E-state index in [0.29, 0.717) is 28.7 Å². The predicted molar refractivity (Wildman–Crippen MR) is 81.7 cm³/mol. The standard InChI is InChI=1S/C16H14FN5/c17-13-2-3-15-14(8-13)16(12(9-18)10-21-15)20-4-1-6-22-7-5-19-11-22/h2-3,5,7-8,10-11H,1,4,6H2,(H,20,21). The third-order valence-corrected chi connectivity index (χ3v) is 3.40. The van der Waals surface area contributed by atoms with Crippen LogP contribution < -0.4 is 5.32 Å². The number of halogens is 1. The summed E-state index contributed by atoms with van der Waals surface area (Å²) < 4.78 is 15.5. The number of benzene rings is 1. The van der Waals surface area contributed by atoms with Gasteiger partial charge in [-0.3, -0.25) is 4.98 Å². The van der Waals surface area contributed by atoms with Gasteiger partial charge in [-0.15, -0.1) is 0 Å². The predicted octanol–water partition coefficient (Wildman–Crippen LogP) is 2.94. The van der Waals surface area contributed by atoms with Crippen LogP contribution in [0.2, 0.25) is 0 Å². The zero-order chi connectivity index (χ0) is 15.4. The summed E-state index contributed by atoms with van der Waals surface area (Å²) in [4.78, 5) is 8.17. The monoisotopic (exact) mass is 295 g/mol. The first-order valence-electron chi connectivity index (χ1n) is 6.96. The van der Waals surface area contributed by atoms with E-state index in [4.69, 9.17) is 0 Å². The lowest BCUT2D eigenvalue weighted by Gasteiger charge is -2.11. The van der Waals surface area contributed by atoms with Gasteiger partial charge in [0.05, 0.1) is 23.1 Å². The second kappa shape index (κ2) is 6.22. The average molecular weight is 295 g/mol. The molecule has 0 amide bonds. The number of aryl methyl sites for hydroxylation is 1. The maximum Gasteiger partial charge on any atom is 0.124 e. The Kier molecular flexibility index (Phi) is 3.97. The molecule has 110 valence electrons. The lowest BCUT2D eigenvalue weighted by Crippen LogP contribution is -2.07. The minimum Gasteiger partial charge on any atom is -0.383 e. The third-order valence-electron chi connectivity index (χ3n) is 3.40. The fraction of sp³-hybridized carbons (Fsp3) is 0.188. The fourth-order valence-corrected chi connectivity index (χ4v) is 2.33. The van der Waals surface area contributed by atoms with Gasteiger partial charge >= 0.3 is 0 Å². The number of imidazole rings is 1. The van der Waals surface area contributed by atoms with E-state index in [1.165, 1.54) is 18.3 Å². The summed E-state index contributed by atoms with van der Waals surface area (Å²) >= 11 is 0. The van der Waals surface area contributed by atoms with Crippen LogP contribution in [0.25, 0.3) is 10.9 Å². The van der Waals surface area contributed by atoms with Crippen LogP contribution in [-0.2, 0) is 6.54 Å². The molecule has 0 spiro atoms. The van der Waals surface area contributed by atoms with Crippen molar-refractivity contribution in [3.8, 4) is 6.07 Å². The summed E-state index contributed by atoms with van der Waals surface area (Å²) in [5.41, 5.74) is 1.72. The number of hydrogen-bond donors (Lipinski definition) is 1. The summed E-state index contributed by atoms with van der Waals surface area (Å²) in [5, 5.41) is 13.1. The van der Waals surface area contributed by atoms with E-state index in [9.17, 15) is 9.65 Å². The molecule has 0 unspecified atom stereocenters. The van der Waals surface area contributed by atoms with Gasteiger partial charge in [0, 0.05) is 37.1 Å². The Morgan fingerprint density at radius 1 is 1.36 bits per heavy atom. The Bertz CT molecular complexity index is 820. The van der Waals surface area contributed by atoms with Crippen molar-refractivity contribution >= 4 is 16.6 Å². The Labute approximate surface area is 127 Å². The van der Waals surface area contributed by atoms with Gasteiger partial charge in [-0.2, -0.15) is 5.26 Å².